The van der Waals surface area contributed by atoms with Gasteiger partial charge in [0.1, 0.15) is 11.6 Å². The van der Waals surface area contributed by atoms with Crippen LogP contribution in [0.3, 0.4) is 0 Å². The molecule has 4 heteroatoms. The Morgan fingerprint density at radius 2 is 1.90 bits per heavy atom. The molecular formula is C17H18FNO2. The highest BCUT2D eigenvalue weighted by Crippen LogP contribution is 2.20. The summed E-state index contributed by atoms with van der Waals surface area (Å²) < 4.78 is 18.3. The molecule has 0 unspecified atom stereocenters. The van der Waals surface area contributed by atoms with Crippen molar-refractivity contribution in [3.05, 3.63) is 58.9 Å². The van der Waals surface area contributed by atoms with Crippen molar-refractivity contribution in [3.63, 3.8) is 0 Å². The topological polar surface area (TPSA) is 38.3 Å². The number of amides is 1. The molecule has 0 aliphatic heterocycles. The van der Waals surface area contributed by atoms with E-state index in [0.29, 0.717) is 11.3 Å². The van der Waals surface area contributed by atoms with Crippen molar-refractivity contribution in [3.8, 4) is 5.75 Å². The number of aryl methyl sites for hydroxylation is 2. The van der Waals surface area contributed by atoms with Gasteiger partial charge in [0, 0.05) is 5.69 Å². The van der Waals surface area contributed by atoms with E-state index in [0.717, 1.165) is 16.9 Å². The van der Waals surface area contributed by atoms with Crippen molar-refractivity contribution in [1.82, 2.24) is 0 Å². The van der Waals surface area contributed by atoms with E-state index in [1.54, 1.807) is 20.1 Å². The van der Waals surface area contributed by atoms with Crippen LogP contribution in [0.4, 0.5) is 10.1 Å². The molecule has 0 saturated carbocycles. The van der Waals surface area contributed by atoms with Gasteiger partial charge in [-0.3, -0.25) is 4.79 Å². The lowest BCUT2D eigenvalue weighted by molar-refractivity contribution is -0.115. The molecule has 0 spiro atoms. The molecule has 110 valence electrons. The first-order chi connectivity index (χ1) is 9.99. The number of carbonyl (C=O) groups excluding carboxylic acids is 1. The van der Waals surface area contributed by atoms with Gasteiger partial charge in [-0.1, -0.05) is 12.1 Å². The molecular weight excluding hydrogens is 269 g/mol. The largest absolute Gasteiger partial charge is 0.496 e. The van der Waals surface area contributed by atoms with Crippen LogP contribution in [0.25, 0.3) is 0 Å². The molecule has 0 aliphatic rings. The van der Waals surface area contributed by atoms with Gasteiger partial charge in [0.25, 0.3) is 0 Å². The van der Waals surface area contributed by atoms with Crippen LogP contribution in [0.2, 0.25) is 0 Å². The van der Waals surface area contributed by atoms with Crippen LogP contribution in [-0.4, -0.2) is 13.0 Å². The van der Waals surface area contributed by atoms with Crippen molar-refractivity contribution in [2.75, 3.05) is 12.4 Å². The fourth-order valence-corrected chi connectivity index (χ4v) is 2.12. The number of carbonyl (C=O) groups is 1. The fourth-order valence-electron chi connectivity index (χ4n) is 2.12. The molecule has 2 aromatic carbocycles. The summed E-state index contributed by atoms with van der Waals surface area (Å²) in [6.45, 7) is 3.71. The van der Waals surface area contributed by atoms with Gasteiger partial charge in [0.2, 0.25) is 5.91 Å². The number of hydrogen-bond donors (Lipinski definition) is 1. The lowest BCUT2D eigenvalue weighted by Gasteiger charge is -2.10. The second-order valence-electron chi connectivity index (χ2n) is 4.99. The number of nitrogens with one attached hydrogen (secondary N) is 1. The van der Waals surface area contributed by atoms with E-state index in [9.17, 15) is 9.18 Å². The Balaban J connectivity index is 2.08. The van der Waals surface area contributed by atoms with Crippen molar-refractivity contribution < 1.29 is 13.9 Å². The van der Waals surface area contributed by atoms with E-state index in [1.165, 1.54) is 12.1 Å². The van der Waals surface area contributed by atoms with Crippen molar-refractivity contribution in [1.29, 1.82) is 0 Å². The highest BCUT2D eigenvalue weighted by atomic mass is 19.1. The molecule has 0 radical (unpaired) electrons. The molecule has 3 nitrogen and oxygen atoms in total. The highest BCUT2D eigenvalue weighted by molar-refractivity contribution is 5.93. The van der Waals surface area contributed by atoms with Crippen molar-refractivity contribution in [2.24, 2.45) is 0 Å². The minimum absolute atomic E-state index is 0.143. The third kappa shape index (κ3) is 3.81. The number of ether oxygens (including phenoxy) is 1. The maximum atomic E-state index is 13.0. The van der Waals surface area contributed by atoms with Crippen LogP contribution < -0.4 is 10.1 Å². The Morgan fingerprint density at radius 1 is 1.14 bits per heavy atom. The number of halogens is 1. The summed E-state index contributed by atoms with van der Waals surface area (Å²) in [6.07, 6.45) is 0.244. The van der Waals surface area contributed by atoms with Crippen LogP contribution >= 0.6 is 0 Å². The van der Waals surface area contributed by atoms with E-state index in [4.69, 9.17) is 4.74 Å². The quantitative estimate of drug-likeness (QED) is 0.932. The zero-order chi connectivity index (χ0) is 15.4. The number of rotatable bonds is 4. The third-order valence-corrected chi connectivity index (χ3v) is 3.30. The van der Waals surface area contributed by atoms with Crippen LogP contribution in [0.15, 0.2) is 36.4 Å². The summed E-state index contributed by atoms with van der Waals surface area (Å²) in [5.41, 5.74) is 3.22. The molecule has 0 aliphatic carbocycles. The number of benzene rings is 2. The minimum Gasteiger partial charge on any atom is -0.496 e. The standard InChI is InChI=1S/C17H18FNO2/c1-11-4-5-13(9-16(11)21-3)10-17(20)19-15-7-6-14(18)8-12(15)2/h4-9H,10H2,1-3H3,(H,19,20). The Morgan fingerprint density at radius 3 is 2.57 bits per heavy atom. The number of anilines is 1. The van der Waals surface area contributed by atoms with Crippen LogP contribution in [0, 0.1) is 19.7 Å². The van der Waals surface area contributed by atoms with E-state index >= 15 is 0 Å². The first-order valence-corrected chi connectivity index (χ1v) is 6.69. The number of methoxy groups -OCH3 is 1. The fraction of sp³-hybridized carbons (Fsp3) is 0.235. The molecule has 2 aromatic rings. The summed E-state index contributed by atoms with van der Waals surface area (Å²) in [7, 11) is 1.61. The highest BCUT2D eigenvalue weighted by Gasteiger charge is 2.08. The van der Waals surface area contributed by atoms with Gasteiger partial charge < -0.3 is 10.1 Å². The lowest BCUT2D eigenvalue weighted by atomic mass is 10.1. The van der Waals surface area contributed by atoms with Crippen molar-refractivity contribution >= 4 is 11.6 Å². The van der Waals surface area contributed by atoms with E-state index in [-0.39, 0.29) is 18.1 Å². The first kappa shape index (κ1) is 15.0. The normalized spacial score (nSPS) is 10.3. The Bertz CT molecular complexity index is 668. The Labute approximate surface area is 123 Å². The summed E-state index contributed by atoms with van der Waals surface area (Å²) in [4.78, 5) is 12.1. The second-order valence-corrected chi connectivity index (χ2v) is 4.99. The average Bonchev–Trinajstić information content (AvgIpc) is 2.44. The molecule has 0 aromatic heterocycles. The molecule has 0 bridgehead atoms. The smallest absolute Gasteiger partial charge is 0.228 e. The van der Waals surface area contributed by atoms with Crippen LogP contribution in [0.5, 0.6) is 5.75 Å². The van der Waals surface area contributed by atoms with E-state index < -0.39 is 0 Å². The maximum absolute atomic E-state index is 13.0. The summed E-state index contributed by atoms with van der Waals surface area (Å²) in [5, 5.41) is 2.79. The van der Waals surface area contributed by atoms with Gasteiger partial charge in [-0.15, -0.1) is 0 Å². The predicted octanol–water partition coefficient (Wildman–Crippen LogP) is 3.63. The van der Waals surface area contributed by atoms with Crippen LogP contribution in [0.1, 0.15) is 16.7 Å². The van der Waals surface area contributed by atoms with Gasteiger partial charge in [-0.25, -0.2) is 4.39 Å². The summed E-state index contributed by atoms with van der Waals surface area (Å²) >= 11 is 0. The van der Waals surface area contributed by atoms with Gasteiger partial charge in [-0.05, 0) is 54.8 Å². The first-order valence-electron chi connectivity index (χ1n) is 6.69. The molecule has 1 amide bonds. The zero-order valence-corrected chi connectivity index (χ0v) is 12.4. The minimum atomic E-state index is -0.311. The van der Waals surface area contributed by atoms with Gasteiger partial charge in [-0.2, -0.15) is 0 Å². The summed E-state index contributed by atoms with van der Waals surface area (Å²) in [6, 6.07) is 9.96. The molecule has 0 fully saturated rings. The van der Waals surface area contributed by atoms with Crippen molar-refractivity contribution in [2.45, 2.75) is 20.3 Å². The van der Waals surface area contributed by atoms with E-state index in [2.05, 4.69) is 5.32 Å². The molecule has 0 atom stereocenters. The SMILES string of the molecule is COc1cc(CC(=O)Nc2ccc(F)cc2C)ccc1C. The second kappa shape index (κ2) is 6.39. The molecule has 2 rings (SSSR count). The van der Waals surface area contributed by atoms with Gasteiger partial charge in [0.05, 0.1) is 13.5 Å². The monoisotopic (exact) mass is 287 g/mol. The third-order valence-electron chi connectivity index (χ3n) is 3.30. The zero-order valence-electron chi connectivity index (χ0n) is 12.4. The van der Waals surface area contributed by atoms with Gasteiger partial charge in [0.15, 0.2) is 0 Å². The number of hydrogen-bond acceptors (Lipinski definition) is 2. The predicted molar refractivity (Wildman–Crippen MR) is 81.2 cm³/mol. The maximum Gasteiger partial charge on any atom is 0.228 e. The molecule has 0 heterocycles. The van der Waals surface area contributed by atoms with Crippen LogP contribution in [-0.2, 0) is 11.2 Å². The summed E-state index contributed by atoms with van der Waals surface area (Å²) in [5.74, 6) is 0.308. The molecule has 0 saturated heterocycles. The Kier molecular flexibility index (Phi) is 4.58. The molecule has 21 heavy (non-hydrogen) atoms. The lowest BCUT2D eigenvalue weighted by Crippen LogP contribution is -2.15. The van der Waals surface area contributed by atoms with Gasteiger partial charge >= 0.3 is 0 Å². The van der Waals surface area contributed by atoms with E-state index in [1.807, 2.05) is 25.1 Å². The molecule has 1 N–H and O–H groups in total. The average molecular weight is 287 g/mol. The Hall–Kier alpha value is -2.36.